The standard InChI is InChI=1S/C9H9.C5H5.Fe/c1-2-3-6-9-7-4-5-8-9;1-2-4-5-3-1;/h2-8H,1H2;1-5H;/b6-3+;;. The summed E-state index contributed by atoms with van der Waals surface area (Å²) in [5.41, 5.74) is 1.23. The largest absolute Gasteiger partial charge is 0.0991 e. The third-order valence-electron chi connectivity index (χ3n) is 1.67. The zero-order valence-corrected chi connectivity index (χ0v) is 9.59. The molecule has 0 saturated heterocycles. The molecule has 0 unspecified atom stereocenters. The van der Waals surface area contributed by atoms with Gasteiger partial charge in [0.2, 0.25) is 0 Å². The van der Waals surface area contributed by atoms with Crippen LogP contribution in [-0.4, -0.2) is 0 Å². The second-order valence-electron chi connectivity index (χ2n) is 2.78. The van der Waals surface area contributed by atoms with E-state index < -0.39 is 0 Å². The Hall–Kier alpha value is -1.04. The minimum atomic E-state index is 0. The molecule has 0 amide bonds. The summed E-state index contributed by atoms with van der Waals surface area (Å²) in [6.07, 6.45) is 23.9. The summed E-state index contributed by atoms with van der Waals surface area (Å²) < 4.78 is 0. The minimum absolute atomic E-state index is 0. The van der Waals surface area contributed by atoms with Gasteiger partial charge in [0.1, 0.15) is 0 Å². The predicted molar refractivity (Wildman–Crippen MR) is 63.4 cm³/mol. The average molecular weight is 238 g/mol. The molecule has 0 N–H and O–H groups in total. The molecule has 0 aliphatic heterocycles. The van der Waals surface area contributed by atoms with Gasteiger partial charge in [-0.05, 0) is 5.57 Å². The van der Waals surface area contributed by atoms with Gasteiger partial charge in [-0.25, -0.2) is 0 Å². The van der Waals surface area contributed by atoms with Crippen LogP contribution in [0.5, 0.6) is 0 Å². The van der Waals surface area contributed by atoms with E-state index >= 15 is 0 Å². The number of hydrogen-bond acceptors (Lipinski definition) is 0. The van der Waals surface area contributed by atoms with Crippen molar-refractivity contribution < 1.29 is 17.1 Å². The molecule has 2 aliphatic rings. The first-order valence-corrected chi connectivity index (χ1v) is 4.61. The van der Waals surface area contributed by atoms with Crippen LogP contribution in [0.15, 0.2) is 72.9 Å². The van der Waals surface area contributed by atoms with Crippen LogP contribution in [-0.2, 0) is 17.1 Å². The molecule has 78 valence electrons. The SMILES string of the molecule is C=C/C=C/C1=CC=C[CH]1.[CH]1C=CC=C1.[Fe]. The van der Waals surface area contributed by atoms with Crippen LogP contribution >= 0.6 is 0 Å². The fourth-order valence-corrected chi connectivity index (χ4v) is 1.000. The van der Waals surface area contributed by atoms with Gasteiger partial charge in [-0.1, -0.05) is 67.3 Å². The molecular formula is C14H14Fe. The molecule has 0 fully saturated rings. The normalized spacial score (nSPS) is 15.9. The van der Waals surface area contributed by atoms with Crippen molar-refractivity contribution in [2.45, 2.75) is 0 Å². The fourth-order valence-electron chi connectivity index (χ4n) is 1.000. The van der Waals surface area contributed by atoms with E-state index in [1.807, 2.05) is 55.0 Å². The van der Waals surface area contributed by atoms with Crippen LogP contribution in [0, 0.1) is 12.8 Å². The summed E-state index contributed by atoms with van der Waals surface area (Å²) in [5.74, 6) is 0. The summed E-state index contributed by atoms with van der Waals surface area (Å²) in [4.78, 5) is 0. The van der Waals surface area contributed by atoms with Crippen molar-refractivity contribution in [3.8, 4) is 0 Å². The van der Waals surface area contributed by atoms with Crippen LogP contribution < -0.4 is 0 Å². The van der Waals surface area contributed by atoms with Gasteiger partial charge in [-0.3, -0.25) is 0 Å². The maximum atomic E-state index is 3.57. The second-order valence-corrected chi connectivity index (χ2v) is 2.78. The molecule has 2 aliphatic carbocycles. The third kappa shape index (κ3) is 6.96. The van der Waals surface area contributed by atoms with Crippen molar-refractivity contribution in [1.29, 1.82) is 0 Å². The molecule has 0 aromatic carbocycles. The van der Waals surface area contributed by atoms with E-state index in [2.05, 4.69) is 19.1 Å². The van der Waals surface area contributed by atoms with E-state index in [9.17, 15) is 0 Å². The Balaban J connectivity index is 0.000000280. The van der Waals surface area contributed by atoms with Gasteiger partial charge in [0.15, 0.2) is 0 Å². The number of allylic oxidation sites excluding steroid dienone is 11. The van der Waals surface area contributed by atoms with E-state index in [1.165, 1.54) is 5.57 Å². The van der Waals surface area contributed by atoms with E-state index in [-0.39, 0.29) is 17.1 Å². The molecule has 0 nitrogen and oxygen atoms in total. The third-order valence-corrected chi connectivity index (χ3v) is 1.67. The summed E-state index contributed by atoms with van der Waals surface area (Å²) in [6, 6.07) is 0. The molecule has 0 aromatic heterocycles. The zero-order valence-electron chi connectivity index (χ0n) is 8.49. The van der Waals surface area contributed by atoms with Gasteiger partial charge >= 0.3 is 0 Å². The Bertz CT molecular complexity index is 304. The van der Waals surface area contributed by atoms with Crippen molar-refractivity contribution >= 4 is 0 Å². The fraction of sp³-hybridized carbons (Fsp3) is 0. The summed E-state index contributed by atoms with van der Waals surface area (Å²) in [5, 5.41) is 0. The van der Waals surface area contributed by atoms with Crippen molar-refractivity contribution in [3.63, 3.8) is 0 Å². The van der Waals surface area contributed by atoms with Crippen molar-refractivity contribution in [1.82, 2.24) is 0 Å². The van der Waals surface area contributed by atoms with Gasteiger partial charge in [-0.15, -0.1) is 0 Å². The molecule has 0 saturated carbocycles. The maximum absolute atomic E-state index is 3.57. The predicted octanol–water partition coefficient (Wildman–Crippen LogP) is 3.74. The summed E-state index contributed by atoms with van der Waals surface area (Å²) in [7, 11) is 0. The molecule has 15 heavy (non-hydrogen) atoms. The molecule has 2 rings (SSSR count). The van der Waals surface area contributed by atoms with E-state index in [0.717, 1.165) is 0 Å². The Morgan fingerprint density at radius 1 is 0.933 bits per heavy atom. The molecular weight excluding hydrogens is 224 g/mol. The smallest absolute Gasteiger partial charge is 0.0125 e. The number of rotatable bonds is 2. The van der Waals surface area contributed by atoms with Gasteiger partial charge in [-0.2, -0.15) is 0 Å². The molecule has 0 aromatic rings. The van der Waals surface area contributed by atoms with Crippen molar-refractivity contribution in [3.05, 3.63) is 85.8 Å². The quantitative estimate of drug-likeness (QED) is 0.507. The maximum Gasteiger partial charge on any atom is 0.0125 e. The second kappa shape index (κ2) is 9.51. The first kappa shape index (κ1) is 14.0. The van der Waals surface area contributed by atoms with E-state index in [1.54, 1.807) is 6.08 Å². The van der Waals surface area contributed by atoms with Crippen LogP contribution in [0.4, 0.5) is 0 Å². The van der Waals surface area contributed by atoms with Gasteiger partial charge in [0.05, 0.1) is 0 Å². The molecule has 0 heterocycles. The van der Waals surface area contributed by atoms with Gasteiger partial charge in [0, 0.05) is 29.9 Å². The van der Waals surface area contributed by atoms with Crippen LogP contribution in [0.25, 0.3) is 0 Å². The van der Waals surface area contributed by atoms with Gasteiger partial charge < -0.3 is 0 Å². The minimum Gasteiger partial charge on any atom is -0.0991 e. The van der Waals surface area contributed by atoms with Crippen LogP contribution in [0.1, 0.15) is 0 Å². The first-order chi connectivity index (χ1) is 6.93. The van der Waals surface area contributed by atoms with Gasteiger partial charge in [0.25, 0.3) is 0 Å². The number of hydrogen-bond donors (Lipinski definition) is 0. The Kier molecular flexibility index (Phi) is 8.85. The van der Waals surface area contributed by atoms with E-state index in [4.69, 9.17) is 0 Å². The topological polar surface area (TPSA) is 0 Å². The zero-order chi connectivity index (χ0) is 10.1. The van der Waals surface area contributed by atoms with E-state index in [0.29, 0.717) is 0 Å². The van der Waals surface area contributed by atoms with Crippen molar-refractivity contribution in [2.24, 2.45) is 0 Å². The Morgan fingerprint density at radius 2 is 1.67 bits per heavy atom. The van der Waals surface area contributed by atoms with Crippen LogP contribution in [0.2, 0.25) is 0 Å². The summed E-state index contributed by atoms with van der Waals surface area (Å²) >= 11 is 0. The average Bonchev–Trinajstić information content (AvgIpc) is 2.90. The monoisotopic (exact) mass is 238 g/mol. The Labute approximate surface area is 103 Å². The van der Waals surface area contributed by atoms with Crippen LogP contribution in [0.3, 0.4) is 0 Å². The molecule has 0 spiro atoms. The molecule has 0 bridgehead atoms. The first-order valence-electron chi connectivity index (χ1n) is 4.61. The summed E-state index contributed by atoms with van der Waals surface area (Å²) in [6.45, 7) is 3.57. The van der Waals surface area contributed by atoms with Crippen molar-refractivity contribution in [2.75, 3.05) is 0 Å². The Morgan fingerprint density at radius 3 is 2.07 bits per heavy atom. The molecule has 2 radical (unpaired) electrons. The molecule has 1 heteroatoms. The molecule has 0 atom stereocenters.